The van der Waals surface area contributed by atoms with E-state index in [1.165, 1.54) is 7.11 Å². The number of hydrogen-bond donors (Lipinski definition) is 0. The van der Waals surface area contributed by atoms with Gasteiger partial charge >= 0.3 is 11.9 Å². The van der Waals surface area contributed by atoms with Crippen LogP contribution in [0.3, 0.4) is 0 Å². The average Bonchev–Trinajstić information content (AvgIpc) is 2.36. The zero-order chi connectivity index (χ0) is 16.2. The van der Waals surface area contributed by atoms with Crippen LogP contribution in [-0.2, 0) is 4.74 Å². The smallest absolute Gasteiger partial charge is 0.349 e. The highest BCUT2D eigenvalue weighted by atomic mass is 28.3. The van der Waals surface area contributed by atoms with Crippen molar-refractivity contribution >= 4 is 19.2 Å². The van der Waals surface area contributed by atoms with Gasteiger partial charge < -0.3 is 18.6 Å². The summed E-state index contributed by atoms with van der Waals surface area (Å²) in [7, 11) is -0.666. The van der Waals surface area contributed by atoms with Crippen molar-refractivity contribution in [1.82, 2.24) is 0 Å². The lowest BCUT2D eigenvalue weighted by Crippen LogP contribution is -2.49. The normalized spacial score (nSPS) is 11.1. The Bertz CT molecular complexity index is 570. The van der Waals surface area contributed by atoms with E-state index < -0.39 is 19.5 Å². The van der Waals surface area contributed by atoms with E-state index >= 15 is 0 Å². The summed E-state index contributed by atoms with van der Waals surface area (Å²) in [4.78, 5) is 24.8. The summed E-state index contributed by atoms with van der Waals surface area (Å²) in [6, 6.07) is 0. The van der Waals surface area contributed by atoms with Gasteiger partial charge in [-0.05, 0) is 13.8 Å². The van der Waals surface area contributed by atoms with Crippen molar-refractivity contribution in [3.05, 3.63) is 15.8 Å². The lowest BCUT2D eigenvalue weighted by Gasteiger charge is -2.19. The third-order valence-electron chi connectivity index (χ3n) is 2.74. The Morgan fingerprint density at radius 3 is 2.19 bits per heavy atom. The van der Waals surface area contributed by atoms with Crippen molar-refractivity contribution in [3.63, 3.8) is 0 Å². The molecule has 0 unspecified atom stereocenters. The van der Waals surface area contributed by atoms with Gasteiger partial charge in [-0.15, -0.1) is 0 Å². The van der Waals surface area contributed by atoms with Crippen LogP contribution in [-0.4, -0.2) is 34.4 Å². The molecule has 0 radical (unpaired) electrons. The first-order valence-corrected chi connectivity index (χ1v) is 10.3. The van der Waals surface area contributed by atoms with Crippen LogP contribution in [0.2, 0.25) is 19.6 Å². The van der Waals surface area contributed by atoms with E-state index in [9.17, 15) is 9.59 Å². The van der Waals surface area contributed by atoms with E-state index in [2.05, 4.69) is 0 Å². The molecule has 118 valence electrons. The van der Waals surface area contributed by atoms with E-state index in [4.69, 9.17) is 18.6 Å². The number of methoxy groups -OCH3 is 1. The lowest BCUT2D eigenvalue weighted by molar-refractivity contribution is 0.0512. The molecule has 1 aromatic heterocycles. The fourth-order valence-electron chi connectivity index (χ4n) is 1.90. The second-order valence-electron chi connectivity index (χ2n) is 5.36. The zero-order valence-corrected chi connectivity index (χ0v) is 14.4. The lowest BCUT2D eigenvalue weighted by atomic mass is 10.2. The Morgan fingerprint density at radius 1 is 1.14 bits per heavy atom. The molecule has 1 heterocycles. The molecule has 0 aliphatic heterocycles. The number of esters is 1. The summed E-state index contributed by atoms with van der Waals surface area (Å²) >= 11 is 0. The molecular weight excluding hydrogens is 292 g/mol. The molecule has 0 saturated carbocycles. The average molecular weight is 314 g/mol. The van der Waals surface area contributed by atoms with Crippen LogP contribution >= 0.6 is 0 Å². The van der Waals surface area contributed by atoms with Crippen molar-refractivity contribution in [1.29, 1.82) is 0 Å². The van der Waals surface area contributed by atoms with Gasteiger partial charge in [-0.3, -0.25) is 4.79 Å². The minimum absolute atomic E-state index is 0.107. The number of carbonyl (C=O) groups is 1. The largest absolute Gasteiger partial charge is 0.468 e. The maximum Gasteiger partial charge on any atom is 0.349 e. The fraction of sp³-hybridized carbons (Fsp3) is 0.571. The van der Waals surface area contributed by atoms with Gasteiger partial charge in [0.1, 0.15) is 0 Å². The minimum atomic E-state index is -2.08. The standard InChI is InChI=1S/C14H22O6Si/c1-7-18-12(16)9-10(15)11(21(4,5)6)14(17-3)20-13(9)19-8-2/h7-8H2,1-6H3. The molecule has 7 heteroatoms. The van der Waals surface area contributed by atoms with Crippen molar-refractivity contribution in [2.24, 2.45) is 0 Å². The molecule has 0 spiro atoms. The summed E-state index contributed by atoms with van der Waals surface area (Å²) in [5, 5.41) is 0.413. The maximum atomic E-state index is 12.7. The van der Waals surface area contributed by atoms with E-state index in [1.54, 1.807) is 13.8 Å². The van der Waals surface area contributed by atoms with Crippen LogP contribution in [0.5, 0.6) is 11.9 Å². The number of carbonyl (C=O) groups excluding carboxylic acids is 1. The van der Waals surface area contributed by atoms with E-state index in [0.717, 1.165) is 0 Å². The molecule has 1 rings (SSSR count). The van der Waals surface area contributed by atoms with E-state index in [-0.39, 0.29) is 30.7 Å². The predicted molar refractivity (Wildman–Crippen MR) is 81.6 cm³/mol. The Morgan fingerprint density at radius 2 is 1.76 bits per heavy atom. The van der Waals surface area contributed by atoms with Crippen LogP contribution in [0.15, 0.2) is 9.21 Å². The van der Waals surface area contributed by atoms with Gasteiger partial charge in [0.25, 0.3) is 5.95 Å². The van der Waals surface area contributed by atoms with Crippen molar-refractivity contribution in [2.75, 3.05) is 20.3 Å². The highest BCUT2D eigenvalue weighted by Crippen LogP contribution is 2.23. The molecule has 0 fully saturated rings. The number of rotatable bonds is 6. The summed E-state index contributed by atoms with van der Waals surface area (Å²) < 4.78 is 20.9. The van der Waals surface area contributed by atoms with Gasteiger partial charge in [-0.25, -0.2) is 4.79 Å². The van der Waals surface area contributed by atoms with Crippen LogP contribution in [0.25, 0.3) is 0 Å². The quantitative estimate of drug-likeness (QED) is 0.588. The molecule has 0 aliphatic carbocycles. The molecule has 0 saturated heterocycles. The van der Waals surface area contributed by atoms with Gasteiger partial charge in [0, 0.05) is 0 Å². The van der Waals surface area contributed by atoms with E-state index in [1.807, 2.05) is 19.6 Å². The Balaban J connectivity index is 3.67. The van der Waals surface area contributed by atoms with Gasteiger partial charge in [0.2, 0.25) is 5.43 Å². The third kappa shape index (κ3) is 3.66. The van der Waals surface area contributed by atoms with Crippen molar-refractivity contribution in [3.8, 4) is 11.9 Å². The first-order chi connectivity index (χ1) is 9.77. The minimum Gasteiger partial charge on any atom is -0.468 e. The third-order valence-corrected chi connectivity index (χ3v) is 4.67. The molecule has 0 atom stereocenters. The van der Waals surface area contributed by atoms with Crippen molar-refractivity contribution < 1.29 is 23.4 Å². The number of hydrogen-bond acceptors (Lipinski definition) is 6. The summed E-state index contributed by atoms with van der Waals surface area (Å²) in [6.45, 7) is 9.73. The molecular formula is C14H22O6Si. The summed E-state index contributed by atoms with van der Waals surface area (Å²) in [6.07, 6.45) is 0. The second-order valence-corrected chi connectivity index (χ2v) is 10.4. The van der Waals surface area contributed by atoms with Crippen LogP contribution in [0.1, 0.15) is 24.2 Å². The van der Waals surface area contributed by atoms with Crippen LogP contribution in [0.4, 0.5) is 0 Å². The maximum absolute atomic E-state index is 12.7. The molecule has 0 aromatic carbocycles. The monoisotopic (exact) mass is 314 g/mol. The van der Waals surface area contributed by atoms with Gasteiger partial charge in [0.15, 0.2) is 5.56 Å². The predicted octanol–water partition coefficient (Wildman–Crippen LogP) is 1.77. The SMILES string of the molecule is CCOC(=O)c1c(OCC)oc(OC)c([Si](C)(C)C)c1=O. The molecule has 0 aliphatic rings. The highest BCUT2D eigenvalue weighted by Gasteiger charge is 2.33. The second kappa shape index (κ2) is 6.80. The Kier molecular flexibility index (Phi) is 5.59. The zero-order valence-electron chi connectivity index (χ0n) is 13.4. The Labute approximate surface area is 125 Å². The molecule has 0 bridgehead atoms. The molecule has 0 N–H and O–H groups in total. The van der Waals surface area contributed by atoms with Gasteiger partial charge in [-0.1, -0.05) is 19.6 Å². The molecule has 21 heavy (non-hydrogen) atoms. The van der Waals surface area contributed by atoms with Crippen LogP contribution < -0.4 is 20.1 Å². The van der Waals surface area contributed by atoms with E-state index in [0.29, 0.717) is 5.19 Å². The molecule has 6 nitrogen and oxygen atoms in total. The first-order valence-electron chi connectivity index (χ1n) is 6.83. The van der Waals surface area contributed by atoms with Gasteiger partial charge in [-0.2, -0.15) is 0 Å². The topological polar surface area (TPSA) is 75.0 Å². The summed E-state index contributed by atoms with van der Waals surface area (Å²) in [5.41, 5.74) is -0.629. The number of ether oxygens (including phenoxy) is 3. The molecule has 1 aromatic rings. The summed E-state index contributed by atoms with van der Waals surface area (Å²) in [5.74, 6) is -0.785. The molecule has 0 amide bonds. The van der Waals surface area contributed by atoms with Crippen LogP contribution in [0, 0.1) is 0 Å². The fourth-order valence-corrected chi connectivity index (χ4v) is 3.47. The van der Waals surface area contributed by atoms with Crippen molar-refractivity contribution in [2.45, 2.75) is 33.5 Å². The highest BCUT2D eigenvalue weighted by molar-refractivity contribution is 6.89. The Hall–Kier alpha value is -1.76. The first kappa shape index (κ1) is 17.3. The van der Waals surface area contributed by atoms with Gasteiger partial charge in [0.05, 0.1) is 33.6 Å².